The fourth-order valence-corrected chi connectivity index (χ4v) is 3.44. The number of carbonyl (C=O) groups excluding carboxylic acids is 1. The molecule has 1 aliphatic heterocycles. The fourth-order valence-electron chi connectivity index (χ4n) is 3.44. The van der Waals surface area contributed by atoms with Crippen molar-refractivity contribution >= 4 is 11.9 Å². The summed E-state index contributed by atoms with van der Waals surface area (Å²) in [4.78, 5) is 23.3. The van der Waals surface area contributed by atoms with E-state index in [0.717, 1.165) is 19.3 Å². The molecule has 0 aromatic heterocycles. The van der Waals surface area contributed by atoms with Crippen molar-refractivity contribution in [2.45, 2.75) is 63.5 Å². The van der Waals surface area contributed by atoms with Crippen molar-refractivity contribution in [1.82, 2.24) is 5.32 Å². The lowest BCUT2D eigenvalue weighted by atomic mass is 9.86. The number of rotatable bonds is 6. The van der Waals surface area contributed by atoms with E-state index in [0.29, 0.717) is 32.0 Å². The van der Waals surface area contributed by atoms with Gasteiger partial charge in [-0.05, 0) is 31.6 Å². The van der Waals surface area contributed by atoms with Gasteiger partial charge >= 0.3 is 5.97 Å². The van der Waals surface area contributed by atoms with Gasteiger partial charge in [-0.1, -0.05) is 19.8 Å². The summed E-state index contributed by atoms with van der Waals surface area (Å²) in [6, 6.07) is 0. The Balaban J connectivity index is 1.83. The Kier molecular flexibility index (Phi) is 6.20. The average Bonchev–Trinajstić information content (AvgIpc) is 2.46. The summed E-state index contributed by atoms with van der Waals surface area (Å²) in [5.74, 6) is -0.637. The topological polar surface area (TPSA) is 84.9 Å². The lowest BCUT2D eigenvalue weighted by Crippen LogP contribution is -2.54. The second-order valence-electron chi connectivity index (χ2n) is 6.62. The maximum atomic E-state index is 12.2. The van der Waals surface area contributed by atoms with E-state index in [9.17, 15) is 9.59 Å². The van der Waals surface area contributed by atoms with Crippen molar-refractivity contribution in [2.24, 2.45) is 5.92 Å². The minimum atomic E-state index is -0.899. The van der Waals surface area contributed by atoms with Crippen LogP contribution in [0, 0.1) is 5.92 Å². The first-order valence-electron chi connectivity index (χ1n) is 8.23. The van der Waals surface area contributed by atoms with E-state index in [1.165, 1.54) is 6.42 Å². The molecule has 2 unspecified atom stereocenters. The normalized spacial score (nSPS) is 28.0. The van der Waals surface area contributed by atoms with Gasteiger partial charge in [-0.15, -0.1) is 0 Å². The van der Waals surface area contributed by atoms with Gasteiger partial charge in [0.1, 0.15) is 6.61 Å². The predicted molar refractivity (Wildman–Crippen MR) is 80.6 cm³/mol. The third-order valence-electron chi connectivity index (χ3n) is 4.81. The van der Waals surface area contributed by atoms with Crippen LogP contribution in [0.4, 0.5) is 0 Å². The van der Waals surface area contributed by atoms with Crippen molar-refractivity contribution < 1.29 is 24.2 Å². The highest BCUT2D eigenvalue weighted by atomic mass is 16.5. The summed E-state index contributed by atoms with van der Waals surface area (Å²) < 4.78 is 11.0. The second-order valence-corrected chi connectivity index (χ2v) is 6.62. The third-order valence-corrected chi connectivity index (χ3v) is 4.81. The van der Waals surface area contributed by atoms with E-state index in [-0.39, 0.29) is 25.0 Å². The van der Waals surface area contributed by atoms with Crippen LogP contribution in [0.2, 0.25) is 0 Å². The van der Waals surface area contributed by atoms with Crippen LogP contribution in [0.3, 0.4) is 0 Å². The van der Waals surface area contributed by atoms with Gasteiger partial charge in [0.05, 0.1) is 18.1 Å². The fraction of sp³-hybridized carbons (Fsp3) is 0.875. The predicted octanol–water partition coefficient (Wildman–Crippen LogP) is 1.72. The molecule has 0 aromatic rings. The molecule has 1 amide bonds. The summed E-state index contributed by atoms with van der Waals surface area (Å²) >= 11 is 0. The SMILES string of the molecule is CC1CCCCC1OCC(=O)NC1(CC(=O)O)CCOCC1. The molecule has 0 spiro atoms. The standard InChI is InChI=1S/C16H27NO5/c1-12-4-2-3-5-13(12)22-11-14(18)17-16(10-15(19)20)6-8-21-9-7-16/h12-13H,2-11H2,1H3,(H,17,18)(H,19,20). The first-order valence-corrected chi connectivity index (χ1v) is 8.23. The average molecular weight is 313 g/mol. The molecule has 1 saturated heterocycles. The smallest absolute Gasteiger partial charge is 0.305 e. The zero-order valence-electron chi connectivity index (χ0n) is 13.3. The number of hydrogen-bond donors (Lipinski definition) is 2. The van der Waals surface area contributed by atoms with Gasteiger partial charge in [-0.2, -0.15) is 0 Å². The molecule has 22 heavy (non-hydrogen) atoms. The molecule has 1 aliphatic carbocycles. The molecule has 2 rings (SSSR count). The summed E-state index contributed by atoms with van der Waals surface area (Å²) in [6.07, 6.45) is 5.67. The van der Waals surface area contributed by atoms with Crippen LogP contribution in [0.15, 0.2) is 0 Å². The van der Waals surface area contributed by atoms with E-state index < -0.39 is 11.5 Å². The van der Waals surface area contributed by atoms with Crippen LogP contribution in [0.25, 0.3) is 0 Å². The molecule has 0 bridgehead atoms. The number of aliphatic carboxylic acids is 1. The highest BCUT2D eigenvalue weighted by molar-refractivity contribution is 5.79. The molecular formula is C16H27NO5. The van der Waals surface area contributed by atoms with Gasteiger partial charge in [-0.3, -0.25) is 9.59 Å². The maximum Gasteiger partial charge on any atom is 0.305 e. The Morgan fingerprint density at radius 2 is 1.95 bits per heavy atom. The molecule has 2 atom stereocenters. The molecule has 126 valence electrons. The second kappa shape index (κ2) is 7.92. The van der Waals surface area contributed by atoms with E-state index in [2.05, 4.69) is 12.2 Å². The highest BCUT2D eigenvalue weighted by Crippen LogP contribution is 2.27. The van der Waals surface area contributed by atoms with Gasteiger partial charge in [0, 0.05) is 13.2 Å². The van der Waals surface area contributed by atoms with Gasteiger partial charge < -0.3 is 19.9 Å². The lowest BCUT2D eigenvalue weighted by molar-refractivity contribution is -0.141. The van der Waals surface area contributed by atoms with Crippen LogP contribution in [0.1, 0.15) is 51.9 Å². The Morgan fingerprint density at radius 3 is 2.59 bits per heavy atom. The van der Waals surface area contributed by atoms with E-state index in [1.54, 1.807) is 0 Å². The van der Waals surface area contributed by atoms with E-state index in [1.807, 2.05) is 0 Å². The Hall–Kier alpha value is -1.14. The molecule has 2 aliphatic rings. The first kappa shape index (κ1) is 17.2. The Morgan fingerprint density at radius 1 is 1.27 bits per heavy atom. The van der Waals surface area contributed by atoms with Crippen molar-refractivity contribution in [1.29, 1.82) is 0 Å². The first-order chi connectivity index (χ1) is 10.5. The third kappa shape index (κ3) is 4.95. The zero-order valence-corrected chi connectivity index (χ0v) is 13.3. The quantitative estimate of drug-likeness (QED) is 0.780. The minimum absolute atomic E-state index is 0.0111. The van der Waals surface area contributed by atoms with Crippen molar-refractivity contribution in [3.63, 3.8) is 0 Å². The Labute approximate surface area is 131 Å². The summed E-state index contributed by atoms with van der Waals surface area (Å²) in [6.45, 7) is 3.13. The molecular weight excluding hydrogens is 286 g/mol. The van der Waals surface area contributed by atoms with Crippen molar-refractivity contribution in [3.05, 3.63) is 0 Å². The van der Waals surface area contributed by atoms with Gasteiger partial charge in [0.25, 0.3) is 0 Å². The summed E-state index contributed by atoms with van der Waals surface area (Å²) in [7, 11) is 0. The van der Waals surface area contributed by atoms with Gasteiger partial charge in [-0.25, -0.2) is 0 Å². The van der Waals surface area contributed by atoms with Crippen LogP contribution in [-0.2, 0) is 19.1 Å². The van der Waals surface area contributed by atoms with Crippen molar-refractivity contribution in [2.75, 3.05) is 19.8 Å². The molecule has 1 saturated carbocycles. The molecule has 1 heterocycles. The number of carbonyl (C=O) groups is 2. The van der Waals surface area contributed by atoms with Gasteiger partial charge in [0.2, 0.25) is 5.91 Å². The van der Waals surface area contributed by atoms with Crippen LogP contribution < -0.4 is 5.32 Å². The number of hydrogen-bond acceptors (Lipinski definition) is 4. The number of amides is 1. The van der Waals surface area contributed by atoms with Crippen LogP contribution in [0.5, 0.6) is 0 Å². The minimum Gasteiger partial charge on any atom is -0.481 e. The largest absolute Gasteiger partial charge is 0.481 e. The van der Waals surface area contributed by atoms with Crippen LogP contribution in [-0.4, -0.2) is 48.4 Å². The van der Waals surface area contributed by atoms with Crippen LogP contribution >= 0.6 is 0 Å². The number of carboxylic acid groups (broad SMARTS) is 1. The van der Waals surface area contributed by atoms with E-state index >= 15 is 0 Å². The molecule has 2 fully saturated rings. The number of carboxylic acids is 1. The molecule has 0 aromatic carbocycles. The Bertz CT molecular complexity index is 392. The zero-order chi connectivity index (χ0) is 16.0. The molecule has 2 N–H and O–H groups in total. The van der Waals surface area contributed by atoms with E-state index in [4.69, 9.17) is 14.6 Å². The van der Waals surface area contributed by atoms with Gasteiger partial charge in [0.15, 0.2) is 0 Å². The molecule has 0 radical (unpaired) electrons. The lowest BCUT2D eigenvalue weighted by Gasteiger charge is -2.37. The highest BCUT2D eigenvalue weighted by Gasteiger charge is 2.36. The number of nitrogens with one attached hydrogen (secondary N) is 1. The molecule has 6 heteroatoms. The summed E-state index contributed by atoms with van der Waals surface area (Å²) in [5.41, 5.74) is -0.692. The maximum absolute atomic E-state index is 12.2. The number of ether oxygens (including phenoxy) is 2. The van der Waals surface area contributed by atoms with Crippen molar-refractivity contribution in [3.8, 4) is 0 Å². The monoisotopic (exact) mass is 313 g/mol. The summed E-state index contributed by atoms with van der Waals surface area (Å²) in [5, 5.41) is 12.0. The molecule has 6 nitrogen and oxygen atoms in total.